The summed E-state index contributed by atoms with van der Waals surface area (Å²) < 4.78 is 27.6. The van der Waals surface area contributed by atoms with Crippen LogP contribution >= 0.6 is 12.4 Å². The fourth-order valence-corrected chi connectivity index (χ4v) is 4.19. The van der Waals surface area contributed by atoms with Gasteiger partial charge in [0.2, 0.25) is 5.91 Å². The third-order valence-electron chi connectivity index (χ3n) is 4.09. The number of piperidine rings is 1. The van der Waals surface area contributed by atoms with Crippen molar-refractivity contribution in [2.24, 2.45) is 0 Å². The Hall–Kier alpha value is -0.410. The Bertz CT molecular complexity index is 459. The number of carbonyl (C=O) groups excluding carboxylic acids is 1. The highest BCUT2D eigenvalue weighted by Gasteiger charge is 2.35. The normalized spacial score (nSPS) is 25.0. The van der Waals surface area contributed by atoms with Gasteiger partial charge in [0.15, 0.2) is 0 Å². The predicted octanol–water partition coefficient (Wildman–Crippen LogP) is -0.499. The second-order valence-electron chi connectivity index (χ2n) is 5.34. The van der Waals surface area contributed by atoms with E-state index in [2.05, 4.69) is 5.32 Å². The molecule has 21 heavy (non-hydrogen) atoms. The number of rotatable bonds is 4. The summed E-state index contributed by atoms with van der Waals surface area (Å²) in [5.41, 5.74) is 0. The molecule has 1 unspecified atom stereocenters. The summed E-state index contributed by atoms with van der Waals surface area (Å²) in [7, 11) is -1.80. The molecule has 0 aromatic heterocycles. The molecule has 124 valence electrons. The quantitative estimate of drug-likeness (QED) is 0.749. The Labute approximate surface area is 133 Å². The van der Waals surface area contributed by atoms with Crippen LogP contribution in [0.3, 0.4) is 0 Å². The minimum absolute atomic E-state index is 0. The Morgan fingerprint density at radius 1 is 1.38 bits per heavy atom. The summed E-state index contributed by atoms with van der Waals surface area (Å²) >= 11 is 0. The van der Waals surface area contributed by atoms with Crippen LogP contribution in [0, 0.1) is 0 Å². The molecule has 2 aliphatic heterocycles. The highest BCUT2D eigenvalue weighted by Crippen LogP contribution is 2.20. The summed E-state index contributed by atoms with van der Waals surface area (Å²) in [6.07, 6.45) is 1.69. The Balaban J connectivity index is 0.00000220. The van der Waals surface area contributed by atoms with Gasteiger partial charge in [0.05, 0.1) is 6.54 Å². The van der Waals surface area contributed by atoms with Crippen molar-refractivity contribution in [2.45, 2.75) is 25.8 Å². The van der Waals surface area contributed by atoms with E-state index in [1.807, 2.05) is 11.8 Å². The first-order valence-electron chi connectivity index (χ1n) is 7.18. The van der Waals surface area contributed by atoms with Crippen LogP contribution in [-0.2, 0) is 15.0 Å². The van der Waals surface area contributed by atoms with Crippen molar-refractivity contribution in [3.8, 4) is 0 Å². The average molecular weight is 341 g/mol. The number of carbonyl (C=O) groups is 1. The molecule has 0 radical (unpaired) electrons. The van der Waals surface area contributed by atoms with E-state index in [1.165, 1.54) is 8.61 Å². The first-order chi connectivity index (χ1) is 9.46. The van der Waals surface area contributed by atoms with E-state index in [-0.39, 0.29) is 24.4 Å². The van der Waals surface area contributed by atoms with Crippen molar-refractivity contribution in [3.05, 3.63) is 0 Å². The van der Waals surface area contributed by atoms with Crippen LogP contribution in [-0.4, -0.2) is 80.2 Å². The van der Waals surface area contributed by atoms with Gasteiger partial charge in [-0.3, -0.25) is 4.79 Å². The molecule has 9 heteroatoms. The summed E-state index contributed by atoms with van der Waals surface area (Å²) in [4.78, 5) is 13.8. The minimum Gasteiger partial charge on any atom is -0.336 e. The third kappa shape index (κ3) is 4.07. The summed E-state index contributed by atoms with van der Waals surface area (Å²) in [5, 5.41) is 3.04. The maximum atomic E-state index is 12.4. The van der Waals surface area contributed by atoms with Gasteiger partial charge >= 0.3 is 0 Å². The highest BCUT2D eigenvalue weighted by atomic mass is 35.5. The number of hydrogen-bond donors (Lipinski definition) is 1. The fraction of sp³-hybridized carbons (Fsp3) is 0.917. The summed E-state index contributed by atoms with van der Waals surface area (Å²) in [5.74, 6) is 0.0735. The summed E-state index contributed by atoms with van der Waals surface area (Å²) in [6, 6.07) is 0.0124. The number of halogens is 1. The van der Waals surface area contributed by atoms with Crippen LogP contribution in [0.5, 0.6) is 0 Å². The van der Waals surface area contributed by atoms with E-state index >= 15 is 0 Å². The molecule has 2 aliphatic rings. The number of nitrogens with one attached hydrogen (secondary N) is 1. The molecule has 7 nitrogen and oxygen atoms in total. The second-order valence-corrected chi connectivity index (χ2v) is 7.38. The molecule has 2 fully saturated rings. The monoisotopic (exact) mass is 340 g/mol. The van der Waals surface area contributed by atoms with E-state index in [4.69, 9.17) is 0 Å². The lowest BCUT2D eigenvalue weighted by Gasteiger charge is -2.41. The topological polar surface area (TPSA) is 73.0 Å². The molecule has 1 N–H and O–H groups in total. The SMILES string of the molecule is CCN(C)S(=O)(=O)N1CCCC(N2CCNCC2=O)C1.Cl. The van der Waals surface area contributed by atoms with E-state index in [1.54, 1.807) is 7.05 Å². The van der Waals surface area contributed by atoms with E-state index in [9.17, 15) is 13.2 Å². The maximum Gasteiger partial charge on any atom is 0.281 e. The third-order valence-corrected chi connectivity index (χ3v) is 6.12. The van der Waals surface area contributed by atoms with E-state index < -0.39 is 10.2 Å². The number of hydrogen-bond acceptors (Lipinski definition) is 4. The molecule has 0 aromatic carbocycles. The zero-order chi connectivity index (χ0) is 14.8. The Morgan fingerprint density at radius 3 is 2.71 bits per heavy atom. The van der Waals surface area contributed by atoms with Gasteiger partial charge in [-0.25, -0.2) is 0 Å². The lowest BCUT2D eigenvalue weighted by molar-refractivity contribution is -0.135. The lowest BCUT2D eigenvalue weighted by Crippen LogP contribution is -2.58. The molecule has 2 rings (SSSR count). The lowest BCUT2D eigenvalue weighted by atomic mass is 10.1. The van der Waals surface area contributed by atoms with Gasteiger partial charge in [-0.15, -0.1) is 12.4 Å². The molecule has 0 saturated carbocycles. The number of piperazine rings is 1. The summed E-state index contributed by atoms with van der Waals surface area (Å²) in [6.45, 7) is 5.04. The van der Waals surface area contributed by atoms with Gasteiger partial charge < -0.3 is 10.2 Å². The van der Waals surface area contributed by atoms with Crippen molar-refractivity contribution in [3.63, 3.8) is 0 Å². The molecular weight excluding hydrogens is 316 g/mol. The molecule has 1 atom stereocenters. The van der Waals surface area contributed by atoms with Gasteiger partial charge in [0, 0.05) is 45.8 Å². The molecular formula is C12H25ClN4O3S. The number of amides is 1. The second kappa shape index (κ2) is 7.73. The molecule has 1 amide bonds. The molecule has 2 saturated heterocycles. The molecule has 0 bridgehead atoms. The van der Waals surface area contributed by atoms with Crippen LogP contribution in [0.25, 0.3) is 0 Å². The van der Waals surface area contributed by atoms with Crippen LogP contribution in [0.4, 0.5) is 0 Å². The van der Waals surface area contributed by atoms with Gasteiger partial charge in [0.25, 0.3) is 10.2 Å². The maximum absolute atomic E-state index is 12.4. The van der Waals surface area contributed by atoms with Crippen LogP contribution in [0.2, 0.25) is 0 Å². The number of nitrogens with zero attached hydrogens (tertiary/aromatic N) is 3. The average Bonchev–Trinajstić information content (AvgIpc) is 2.47. The van der Waals surface area contributed by atoms with Crippen molar-refractivity contribution < 1.29 is 13.2 Å². The van der Waals surface area contributed by atoms with Gasteiger partial charge in [0.1, 0.15) is 0 Å². The van der Waals surface area contributed by atoms with E-state index in [0.29, 0.717) is 32.7 Å². The Morgan fingerprint density at radius 2 is 2.10 bits per heavy atom. The first-order valence-corrected chi connectivity index (χ1v) is 8.58. The van der Waals surface area contributed by atoms with Crippen LogP contribution in [0.1, 0.15) is 19.8 Å². The minimum atomic E-state index is -3.39. The first kappa shape index (κ1) is 18.6. The smallest absolute Gasteiger partial charge is 0.281 e. The van der Waals surface area contributed by atoms with Crippen LogP contribution < -0.4 is 5.32 Å². The van der Waals surface area contributed by atoms with Gasteiger partial charge in [-0.1, -0.05) is 6.92 Å². The van der Waals surface area contributed by atoms with Gasteiger partial charge in [-0.05, 0) is 12.8 Å². The fourth-order valence-electron chi connectivity index (χ4n) is 2.75. The zero-order valence-electron chi connectivity index (χ0n) is 12.6. The van der Waals surface area contributed by atoms with Crippen LogP contribution in [0.15, 0.2) is 0 Å². The standard InChI is InChI=1S/C12H24N4O3S.ClH/c1-3-14(2)20(18,19)15-7-4-5-11(10-15)16-8-6-13-9-12(16)17;/h11,13H,3-10H2,1-2H3;1H. The van der Waals surface area contributed by atoms with Crippen molar-refractivity contribution in [1.82, 2.24) is 18.8 Å². The van der Waals surface area contributed by atoms with Gasteiger partial charge in [-0.2, -0.15) is 17.0 Å². The molecule has 0 spiro atoms. The predicted molar refractivity (Wildman–Crippen MR) is 83.6 cm³/mol. The Kier molecular flexibility index (Phi) is 6.86. The zero-order valence-corrected chi connectivity index (χ0v) is 14.3. The van der Waals surface area contributed by atoms with Crippen molar-refractivity contribution >= 4 is 28.5 Å². The van der Waals surface area contributed by atoms with Crippen molar-refractivity contribution in [2.75, 3.05) is 46.3 Å². The van der Waals surface area contributed by atoms with E-state index in [0.717, 1.165) is 19.4 Å². The molecule has 0 aromatic rings. The van der Waals surface area contributed by atoms with Crippen molar-refractivity contribution in [1.29, 1.82) is 0 Å². The largest absolute Gasteiger partial charge is 0.336 e. The highest BCUT2D eigenvalue weighted by molar-refractivity contribution is 7.86. The molecule has 2 heterocycles. The molecule has 0 aliphatic carbocycles.